The fraction of sp³-hybridized carbons (Fsp3) is 0.429. The van der Waals surface area contributed by atoms with Crippen molar-refractivity contribution in [3.63, 3.8) is 0 Å². The summed E-state index contributed by atoms with van der Waals surface area (Å²) in [7, 11) is 0. The molecule has 0 radical (unpaired) electrons. The summed E-state index contributed by atoms with van der Waals surface area (Å²) in [6, 6.07) is 1.61. The van der Waals surface area contributed by atoms with Gasteiger partial charge in [-0.25, -0.2) is 0 Å². The molecule has 0 unspecified atom stereocenters. The monoisotopic (exact) mass is 383 g/mol. The van der Waals surface area contributed by atoms with Gasteiger partial charge in [0.2, 0.25) is 11.8 Å². The summed E-state index contributed by atoms with van der Waals surface area (Å²) in [4.78, 5) is 30.4. The molecule has 0 fully saturated rings. The van der Waals surface area contributed by atoms with Crippen molar-refractivity contribution in [1.29, 1.82) is 0 Å². The van der Waals surface area contributed by atoms with E-state index in [4.69, 9.17) is 4.52 Å². The van der Waals surface area contributed by atoms with Crippen LogP contribution in [0.1, 0.15) is 54.8 Å². The number of carbonyl (C=O) groups excluding carboxylic acids is 2. The van der Waals surface area contributed by atoms with Crippen LogP contribution in [0.5, 0.6) is 0 Å². The first-order valence-corrected chi connectivity index (χ1v) is 8.00. The molecule has 0 saturated carbocycles. The molecular formula is C14H18BrN5O3. The predicted octanol–water partition coefficient (Wildman–Crippen LogP) is 2.07. The molecule has 0 aliphatic heterocycles. The van der Waals surface area contributed by atoms with Crippen molar-refractivity contribution in [3.05, 3.63) is 34.1 Å². The third-order valence-electron chi connectivity index (χ3n) is 3.00. The minimum absolute atomic E-state index is 0.207. The van der Waals surface area contributed by atoms with Crippen molar-refractivity contribution < 1.29 is 14.1 Å². The average molecular weight is 384 g/mol. The lowest BCUT2D eigenvalue weighted by atomic mass is 10.2. The molecule has 8 nitrogen and oxygen atoms in total. The van der Waals surface area contributed by atoms with E-state index in [0.717, 1.165) is 4.47 Å². The molecule has 2 heterocycles. The molecule has 2 rings (SSSR count). The number of rotatable bonds is 6. The van der Waals surface area contributed by atoms with Gasteiger partial charge in [-0.15, -0.1) is 0 Å². The lowest BCUT2D eigenvalue weighted by molar-refractivity contribution is -0.121. The Hall–Kier alpha value is -2.16. The molecule has 2 amide bonds. The molecule has 3 N–H and O–H groups in total. The van der Waals surface area contributed by atoms with Crippen LogP contribution >= 0.6 is 15.9 Å². The van der Waals surface area contributed by atoms with Crippen LogP contribution < -0.4 is 10.9 Å². The second-order valence-corrected chi connectivity index (χ2v) is 6.20. The zero-order chi connectivity index (χ0) is 16.8. The van der Waals surface area contributed by atoms with Crippen molar-refractivity contribution in [2.75, 3.05) is 0 Å². The van der Waals surface area contributed by atoms with Gasteiger partial charge in [0.05, 0.1) is 0 Å². The smallest absolute Gasteiger partial charge is 0.286 e. The first-order valence-electron chi connectivity index (χ1n) is 7.21. The zero-order valence-corrected chi connectivity index (χ0v) is 14.4. The zero-order valence-electron chi connectivity index (χ0n) is 12.9. The van der Waals surface area contributed by atoms with Crippen molar-refractivity contribution in [2.45, 2.75) is 39.0 Å². The minimum Gasteiger partial charge on any atom is -0.356 e. The molecule has 23 heavy (non-hydrogen) atoms. The molecule has 0 atom stereocenters. The first kappa shape index (κ1) is 17.2. The maximum Gasteiger partial charge on any atom is 0.286 e. The van der Waals surface area contributed by atoms with E-state index in [2.05, 4.69) is 41.9 Å². The number of H-pyrrole nitrogens is 1. The van der Waals surface area contributed by atoms with Gasteiger partial charge in [-0.05, 0) is 28.4 Å². The van der Waals surface area contributed by atoms with E-state index < -0.39 is 5.91 Å². The Labute approximate surface area is 141 Å². The number of aryl methyl sites for hydroxylation is 1. The number of aromatic nitrogens is 3. The lowest BCUT2D eigenvalue weighted by Crippen LogP contribution is -2.41. The SMILES string of the molecule is CC(C)c1noc(CCCC(=O)NNC(=O)c2cc(Br)c[nH]2)n1. The second kappa shape index (κ2) is 7.91. The van der Waals surface area contributed by atoms with Gasteiger partial charge in [0.15, 0.2) is 5.82 Å². The molecule has 124 valence electrons. The summed E-state index contributed by atoms with van der Waals surface area (Å²) in [6.45, 7) is 3.96. The average Bonchev–Trinajstić information content (AvgIpc) is 3.14. The van der Waals surface area contributed by atoms with E-state index in [1.807, 2.05) is 13.8 Å². The number of aromatic amines is 1. The van der Waals surface area contributed by atoms with Gasteiger partial charge < -0.3 is 9.51 Å². The fourth-order valence-electron chi connectivity index (χ4n) is 1.76. The molecule has 0 spiro atoms. The van der Waals surface area contributed by atoms with Crippen LogP contribution in [0.15, 0.2) is 21.3 Å². The molecular weight excluding hydrogens is 366 g/mol. The third kappa shape index (κ3) is 5.20. The molecule has 0 saturated heterocycles. The predicted molar refractivity (Wildman–Crippen MR) is 85.4 cm³/mol. The first-order chi connectivity index (χ1) is 11.0. The van der Waals surface area contributed by atoms with E-state index in [9.17, 15) is 9.59 Å². The highest BCUT2D eigenvalue weighted by atomic mass is 79.9. The lowest BCUT2D eigenvalue weighted by Gasteiger charge is -2.05. The number of nitrogens with zero attached hydrogens (tertiary/aromatic N) is 2. The molecule has 0 aliphatic rings. The maximum atomic E-state index is 11.7. The highest BCUT2D eigenvalue weighted by Crippen LogP contribution is 2.11. The van der Waals surface area contributed by atoms with Gasteiger partial charge in [-0.3, -0.25) is 20.4 Å². The van der Waals surface area contributed by atoms with Crippen molar-refractivity contribution in [2.24, 2.45) is 0 Å². The topological polar surface area (TPSA) is 113 Å². The van der Waals surface area contributed by atoms with Gasteiger partial charge in [-0.2, -0.15) is 4.98 Å². The number of halogens is 1. The summed E-state index contributed by atoms with van der Waals surface area (Å²) in [6.07, 6.45) is 2.95. The highest BCUT2D eigenvalue weighted by Gasteiger charge is 2.11. The Morgan fingerprint density at radius 1 is 1.39 bits per heavy atom. The minimum atomic E-state index is -0.414. The van der Waals surface area contributed by atoms with Gasteiger partial charge in [0.25, 0.3) is 5.91 Å². The number of hydrazine groups is 1. The normalized spacial score (nSPS) is 10.8. The quantitative estimate of drug-likeness (QED) is 0.660. The number of hydrogen-bond donors (Lipinski definition) is 3. The van der Waals surface area contributed by atoms with Gasteiger partial charge in [-0.1, -0.05) is 19.0 Å². The Morgan fingerprint density at radius 2 is 2.17 bits per heavy atom. The molecule has 0 aliphatic carbocycles. The van der Waals surface area contributed by atoms with Crippen molar-refractivity contribution in [3.8, 4) is 0 Å². The van der Waals surface area contributed by atoms with Gasteiger partial charge in [0.1, 0.15) is 5.69 Å². The van der Waals surface area contributed by atoms with Crippen LogP contribution in [-0.4, -0.2) is 26.9 Å². The van der Waals surface area contributed by atoms with E-state index >= 15 is 0 Å². The van der Waals surface area contributed by atoms with E-state index in [1.165, 1.54) is 0 Å². The van der Waals surface area contributed by atoms with E-state index in [1.54, 1.807) is 12.3 Å². The van der Waals surface area contributed by atoms with Crippen LogP contribution in [0.2, 0.25) is 0 Å². The van der Waals surface area contributed by atoms with Crippen molar-refractivity contribution in [1.82, 2.24) is 26.0 Å². The maximum absolute atomic E-state index is 11.7. The van der Waals surface area contributed by atoms with Crippen LogP contribution in [0.3, 0.4) is 0 Å². The number of hydrogen-bond acceptors (Lipinski definition) is 5. The van der Waals surface area contributed by atoms with Gasteiger partial charge in [0, 0.05) is 29.4 Å². The summed E-state index contributed by atoms with van der Waals surface area (Å²) in [5, 5.41) is 3.86. The molecule has 0 bridgehead atoms. The molecule has 9 heteroatoms. The van der Waals surface area contributed by atoms with Crippen LogP contribution in [0, 0.1) is 0 Å². The van der Waals surface area contributed by atoms with E-state index in [-0.39, 0.29) is 18.2 Å². The fourth-order valence-corrected chi connectivity index (χ4v) is 2.10. The molecule has 0 aromatic carbocycles. The summed E-state index contributed by atoms with van der Waals surface area (Å²) < 4.78 is 5.85. The number of amides is 2. The van der Waals surface area contributed by atoms with Crippen LogP contribution in [0.4, 0.5) is 0 Å². The largest absolute Gasteiger partial charge is 0.356 e. The Bertz CT molecular complexity index is 680. The summed E-state index contributed by atoms with van der Waals surface area (Å²) in [5.41, 5.74) is 5.05. The molecule has 2 aromatic rings. The van der Waals surface area contributed by atoms with Crippen LogP contribution in [-0.2, 0) is 11.2 Å². The molecule has 2 aromatic heterocycles. The second-order valence-electron chi connectivity index (χ2n) is 5.29. The standard InChI is InChI=1S/C14H18BrN5O3/c1-8(2)13-17-12(23-20-13)5-3-4-11(21)18-19-14(22)10-6-9(15)7-16-10/h6-8,16H,3-5H2,1-2H3,(H,18,21)(H,19,22). The van der Waals surface area contributed by atoms with Crippen LogP contribution in [0.25, 0.3) is 0 Å². The summed E-state index contributed by atoms with van der Waals surface area (Å²) in [5.74, 6) is 0.685. The van der Waals surface area contributed by atoms with Crippen molar-refractivity contribution >= 4 is 27.7 Å². The third-order valence-corrected chi connectivity index (χ3v) is 3.46. The Morgan fingerprint density at radius 3 is 2.78 bits per heavy atom. The number of carbonyl (C=O) groups is 2. The van der Waals surface area contributed by atoms with E-state index in [0.29, 0.717) is 30.3 Å². The summed E-state index contributed by atoms with van der Waals surface area (Å²) >= 11 is 3.23. The Balaban J connectivity index is 1.67. The van der Waals surface area contributed by atoms with Gasteiger partial charge >= 0.3 is 0 Å². The Kier molecular flexibility index (Phi) is 5.91. The highest BCUT2D eigenvalue weighted by molar-refractivity contribution is 9.10. The number of nitrogens with one attached hydrogen (secondary N) is 3.